The van der Waals surface area contributed by atoms with Gasteiger partial charge in [0.15, 0.2) is 5.78 Å². The van der Waals surface area contributed by atoms with E-state index < -0.39 is 0 Å². The van der Waals surface area contributed by atoms with E-state index in [1.165, 1.54) is 0 Å². The van der Waals surface area contributed by atoms with Crippen LogP contribution >= 0.6 is 0 Å². The largest absolute Gasteiger partial charge is 0.492 e. The summed E-state index contributed by atoms with van der Waals surface area (Å²) in [4.78, 5) is 16.8. The van der Waals surface area contributed by atoms with Gasteiger partial charge in [-0.05, 0) is 18.6 Å². The molecule has 2 heterocycles. The SMILES string of the molecule is CCCOc1cncc(C(=O)C2COc3ccccc32)c1. The molecular weight excluding hydrogens is 266 g/mol. The number of ether oxygens (including phenoxy) is 2. The molecule has 0 bridgehead atoms. The maximum Gasteiger partial charge on any atom is 0.175 e. The van der Waals surface area contributed by atoms with Gasteiger partial charge in [-0.25, -0.2) is 0 Å². The van der Waals surface area contributed by atoms with Crippen LogP contribution in [0.3, 0.4) is 0 Å². The molecule has 0 saturated heterocycles. The standard InChI is InChI=1S/C17H17NO3/c1-2-7-20-13-8-12(9-18-10-13)17(19)15-11-21-16-6-4-3-5-14(15)16/h3-6,8-10,15H,2,7,11H2,1H3. The third kappa shape index (κ3) is 2.75. The van der Waals surface area contributed by atoms with E-state index in [1.807, 2.05) is 31.2 Å². The molecule has 1 aliphatic rings. The maximum atomic E-state index is 12.7. The third-order valence-electron chi connectivity index (χ3n) is 3.49. The lowest BCUT2D eigenvalue weighted by Gasteiger charge is -2.09. The molecule has 1 aliphatic heterocycles. The highest BCUT2D eigenvalue weighted by Gasteiger charge is 2.30. The van der Waals surface area contributed by atoms with Crippen molar-refractivity contribution in [3.05, 3.63) is 53.9 Å². The van der Waals surface area contributed by atoms with Crippen molar-refractivity contribution in [2.75, 3.05) is 13.2 Å². The van der Waals surface area contributed by atoms with Crippen LogP contribution < -0.4 is 9.47 Å². The van der Waals surface area contributed by atoms with Crippen LogP contribution in [0.4, 0.5) is 0 Å². The molecule has 0 spiro atoms. The zero-order chi connectivity index (χ0) is 14.7. The van der Waals surface area contributed by atoms with Crippen LogP contribution in [0, 0.1) is 0 Å². The van der Waals surface area contributed by atoms with Gasteiger partial charge >= 0.3 is 0 Å². The lowest BCUT2D eigenvalue weighted by molar-refractivity contribution is 0.0946. The third-order valence-corrected chi connectivity index (χ3v) is 3.49. The van der Waals surface area contributed by atoms with E-state index in [0.717, 1.165) is 17.7 Å². The number of fused-ring (bicyclic) bond motifs is 1. The number of para-hydroxylation sites is 1. The molecule has 2 aromatic rings. The molecule has 0 fully saturated rings. The summed E-state index contributed by atoms with van der Waals surface area (Å²) >= 11 is 0. The van der Waals surface area contributed by atoms with Gasteiger partial charge in [-0.1, -0.05) is 25.1 Å². The monoisotopic (exact) mass is 283 g/mol. The number of nitrogens with zero attached hydrogens (tertiary/aromatic N) is 1. The first-order chi connectivity index (χ1) is 10.3. The summed E-state index contributed by atoms with van der Waals surface area (Å²) in [5.74, 6) is 1.19. The number of hydrogen-bond acceptors (Lipinski definition) is 4. The van der Waals surface area contributed by atoms with Crippen molar-refractivity contribution in [3.8, 4) is 11.5 Å². The summed E-state index contributed by atoms with van der Waals surface area (Å²) in [6, 6.07) is 9.42. The van der Waals surface area contributed by atoms with Gasteiger partial charge in [-0.2, -0.15) is 0 Å². The second-order valence-electron chi connectivity index (χ2n) is 5.02. The molecule has 1 unspecified atom stereocenters. The summed E-state index contributed by atoms with van der Waals surface area (Å²) in [5.41, 5.74) is 1.51. The van der Waals surface area contributed by atoms with E-state index in [1.54, 1.807) is 18.5 Å². The Morgan fingerprint density at radius 1 is 1.38 bits per heavy atom. The Hall–Kier alpha value is -2.36. The molecule has 0 N–H and O–H groups in total. The number of aromatic nitrogens is 1. The minimum atomic E-state index is -0.260. The van der Waals surface area contributed by atoms with Gasteiger partial charge in [0.1, 0.15) is 18.1 Å². The second kappa shape index (κ2) is 5.95. The molecular formula is C17H17NO3. The number of pyridine rings is 1. The predicted molar refractivity (Wildman–Crippen MR) is 79.0 cm³/mol. The Labute approximate surface area is 123 Å². The topological polar surface area (TPSA) is 48.4 Å². The molecule has 1 atom stereocenters. The molecule has 21 heavy (non-hydrogen) atoms. The van der Waals surface area contributed by atoms with Crippen molar-refractivity contribution in [1.29, 1.82) is 0 Å². The van der Waals surface area contributed by atoms with Crippen molar-refractivity contribution in [1.82, 2.24) is 4.98 Å². The molecule has 4 nitrogen and oxygen atoms in total. The molecule has 0 radical (unpaired) electrons. The van der Waals surface area contributed by atoms with Gasteiger partial charge < -0.3 is 9.47 Å². The van der Waals surface area contributed by atoms with Gasteiger partial charge in [0.25, 0.3) is 0 Å². The number of carbonyl (C=O) groups excluding carboxylic acids is 1. The second-order valence-corrected chi connectivity index (χ2v) is 5.02. The van der Waals surface area contributed by atoms with Gasteiger partial charge in [0, 0.05) is 17.3 Å². The molecule has 0 amide bonds. The number of carbonyl (C=O) groups is 1. The van der Waals surface area contributed by atoms with E-state index in [0.29, 0.717) is 24.5 Å². The molecule has 4 heteroatoms. The van der Waals surface area contributed by atoms with E-state index in [2.05, 4.69) is 4.98 Å². The van der Waals surface area contributed by atoms with Crippen molar-refractivity contribution < 1.29 is 14.3 Å². The first-order valence-corrected chi connectivity index (χ1v) is 7.13. The average Bonchev–Trinajstić information content (AvgIpc) is 2.96. The van der Waals surface area contributed by atoms with Crippen LogP contribution in [-0.4, -0.2) is 24.0 Å². The Morgan fingerprint density at radius 2 is 2.24 bits per heavy atom. The zero-order valence-electron chi connectivity index (χ0n) is 11.9. The molecule has 1 aromatic carbocycles. The fourth-order valence-electron chi connectivity index (χ4n) is 2.43. The summed E-state index contributed by atoms with van der Waals surface area (Å²) in [7, 11) is 0. The van der Waals surface area contributed by atoms with Crippen molar-refractivity contribution in [2.45, 2.75) is 19.3 Å². The van der Waals surface area contributed by atoms with Crippen molar-refractivity contribution >= 4 is 5.78 Å². The van der Waals surface area contributed by atoms with Crippen LogP contribution in [0.5, 0.6) is 11.5 Å². The fraction of sp³-hybridized carbons (Fsp3) is 0.294. The Bertz CT molecular complexity index is 654. The first-order valence-electron chi connectivity index (χ1n) is 7.13. The summed E-state index contributed by atoms with van der Waals surface area (Å²) in [5, 5.41) is 0. The van der Waals surface area contributed by atoms with Crippen LogP contribution in [0.2, 0.25) is 0 Å². The minimum Gasteiger partial charge on any atom is -0.492 e. The highest BCUT2D eigenvalue weighted by atomic mass is 16.5. The zero-order valence-corrected chi connectivity index (χ0v) is 11.9. The van der Waals surface area contributed by atoms with E-state index >= 15 is 0 Å². The van der Waals surface area contributed by atoms with E-state index in [-0.39, 0.29) is 11.7 Å². The van der Waals surface area contributed by atoms with Crippen LogP contribution in [0.25, 0.3) is 0 Å². The number of benzene rings is 1. The average molecular weight is 283 g/mol. The van der Waals surface area contributed by atoms with E-state index in [9.17, 15) is 4.79 Å². The summed E-state index contributed by atoms with van der Waals surface area (Å²) in [6.07, 6.45) is 4.13. The van der Waals surface area contributed by atoms with Gasteiger partial charge in [-0.3, -0.25) is 9.78 Å². The molecule has 3 rings (SSSR count). The Balaban J connectivity index is 1.83. The predicted octanol–water partition coefficient (Wildman–Crippen LogP) is 3.23. The lowest BCUT2D eigenvalue weighted by Crippen LogP contribution is -2.14. The molecule has 1 aromatic heterocycles. The highest BCUT2D eigenvalue weighted by Crippen LogP contribution is 2.35. The van der Waals surface area contributed by atoms with Crippen LogP contribution in [0.1, 0.15) is 35.2 Å². The quantitative estimate of drug-likeness (QED) is 0.790. The Kier molecular flexibility index (Phi) is 3.86. The highest BCUT2D eigenvalue weighted by molar-refractivity contribution is 6.01. The number of hydrogen-bond donors (Lipinski definition) is 0. The number of ketones is 1. The van der Waals surface area contributed by atoms with Crippen molar-refractivity contribution in [3.63, 3.8) is 0 Å². The van der Waals surface area contributed by atoms with Crippen molar-refractivity contribution in [2.24, 2.45) is 0 Å². The Morgan fingerprint density at radius 3 is 3.10 bits per heavy atom. The van der Waals surface area contributed by atoms with Gasteiger partial charge in [0.05, 0.1) is 18.7 Å². The normalized spacial score (nSPS) is 16.1. The summed E-state index contributed by atoms with van der Waals surface area (Å²) < 4.78 is 11.1. The molecule has 108 valence electrons. The molecule has 0 saturated carbocycles. The maximum absolute atomic E-state index is 12.7. The smallest absolute Gasteiger partial charge is 0.175 e. The number of Topliss-reactive ketones (excluding diaryl/α,β-unsaturated/α-hetero) is 1. The van der Waals surface area contributed by atoms with Gasteiger partial charge in [-0.15, -0.1) is 0 Å². The fourth-order valence-corrected chi connectivity index (χ4v) is 2.43. The van der Waals surface area contributed by atoms with Crippen LogP contribution in [0.15, 0.2) is 42.7 Å². The lowest BCUT2D eigenvalue weighted by atomic mass is 9.93. The first kappa shape index (κ1) is 13.6. The molecule has 0 aliphatic carbocycles. The summed E-state index contributed by atoms with van der Waals surface area (Å²) in [6.45, 7) is 3.04. The van der Waals surface area contributed by atoms with Gasteiger partial charge in [0.2, 0.25) is 0 Å². The van der Waals surface area contributed by atoms with E-state index in [4.69, 9.17) is 9.47 Å². The minimum absolute atomic E-state index is 0.0226. The number of rotatable bonds is 5. The van der Waals surface area contributed by atoms with Crippen LogP contribution in [-0.2, 0) is 0 Å².